The van der Waals surface area contributed by atoms with Gasteiger partial charge < -0.3 is 33.5 Å². The van der Waals surface area contributed by atoms with E-state index in [0.717, 1.165) is 12.8 Å². The van der Waals surface area contributed by atoms with Crippen molar-refractivity contribution in [3.05, 3.63) is 0 Å². The van der Waals surface area contributed by atoms with Gasteiger partial charge in [0.2, 0.25) is 11.8 Å². The molecule has 0 saturated carbocycles. The van der Waals surface area contributed by atoms with Crippen molar-refractivity contribution in [2.24, 2.45) is 0 Å². The van der Waals surface area contributed by atoms with E-state index in [2.05, 4.69) is 0 Å². The minimum absolute atomic E-state index is 0.262. The van der Waals surface area contributed by atoms with Crippen molar-refractivity contribution in [2.45, 2.75) is 194 Å². The smallest absolute Gasteiger partial charge is 0.411 e. The molecule has 0 bridgehead atoms. The van der Waals surface area contributed by atoms with Gasteiger partial charge in [-0.1, -0.05) is 65.2 Å². The topological polar surface area (TPSA) is 175 Å². The molecule has 3 amide bonds. The predicted octanol–water partition coefficient (Wildman–Crippen LogP) is 7.93. The molecule has 0 spiro atoms. The first-order chi connectivity index (χ1) is 28.6. The van der Waals surface area contributed by atoms with Gasteiger partial charge in [-0.2, -0.15) is 0 Å². The lowest BCUT2D eigenvalue weighted by atomic mass is 9.99. The summed E-state index contributed by atoms with van der Waals surface area (Å²) < 4.78 is 25.2. The van der Waals surface area contributed by atoms with Crippen LogP contribution >= 0.6 is 0 Å². The Morgan fingerprint density at radius 3 is 0.950 bits per heavy atom. The summed E-state index contributed by atoms with van der Waals surface area (Å²) >= 11 is 0. The lowest BCUT2D eigenvalue weighted by Gasteiger charge is -2.41. The summed E-state index contributed by atoms with van der Waals surface area (Å²) in [6.07, 6.45) is 11.4. The van der Waals surface area contributed by atoms with Gasteiger partial charge in [0, 0.05) is 51.9 Å². The van der Waals surface area contributed by atoms with Crippen molar-refractivity contribution in [3.8, 4) is 0 Å². The number of rotatable bonds is 34. The van der Waals surface area contributed by atoms with Crippen LogP contribution in [0, 0.1) is 0 Å². The molecule has 0 aromatic rings. The fraction of sp³-hybridized carbons (Fsp3) is 0.844. The summed E-state index contributed by atoms with van der Waals surface area (Å²) in [5.41, 5.74) is -0.913. The molecule has 0 aromatic carbocycles. The number of nitrogens with zero attached hydrogens (tertiary/aromatic N) is 3. The number of amides is 3. The van der Waals surface area contributed by atoms with E-state index in [0.29, 0.717) is 129 Å². The van der Waals surface area contributed by atoms with Crippen LogP contribution in [-0.4, -0.2) is 129 Å². The van der Waals surface area contributed by atoms with Crippen LogP contribution in [0.3, 0.4) is 0 Å². The van der Waals surface area contributed by atoms with Crippen LogP contribution < -0.4 is 0 Å². The zero-order valence-corrected chi connectivity index (χ0v) is 38.8. The molecule has 0 rings (SSSR count). The highest BCUT2D eigenvalue weighted by Gasteiger charge is 2.43. The highest BCUT2D eigenvalue weighted by molar-refractivity contribution is 5.91. The Labute approximate surface area is 361 Å². The standard InChI is InChI=1S/C45H81N3O12/c1-10-12-26-36(42(53)46(32-22-14-18-28-38(49)56-6)33-23-15-19-29-39(50)57-7)48(44(55)60-45(3,4)5)37(27-13-11-2)43(54)47(34-24-16-20-30-40(51)58-8)35-25-17-21-31-41(52)59-9/h36-37H,10-35H2,1-9H3. The van der Waals surface area contributed by atoms with Crippen LogP contribution in [0.1, 0.15) is 176 Å². The summed E-state index contributed by atoms with van der Waals surface area (Å²) in [4.78, 5) is 96.7. The van der Waals surface area contributed by atoms with Crippen molar-refractivity contribution < 1.29 is 57.2 Å². The Balaban J connectivity index is 7.01. The van der Waals surface area contributed by atoms with Crippen LogP contribution in [0.2, 0.25) is 0 Å². The van der Waals surface area contributed by atoms with Crippen LogP contribution in [0.4, 0.5) is 4.79 Å². The lowest BCUT2D eigenvalue weighted by molar-refractivity contribution is -0.145. The highest BCUT2D eigenvalue weighted by Crippen LogP contribution is 2.26. The molecular formula is C45H81N3O12. The van der Waals surface area contributed by atoms with Gasteiger partial charge in [0.15, 0.2) is 0 Å². The van der Waals surface area contributed by atoms with Crippen molar-refractivity contribution in [2.75, 3.05) is 54.6 Å². The second-order valence-electron chi connectivity index (χ2n) is 16.4. The normalized spacial score (nSPS) is 12.2. The van der Waals surface area contributed by atoms with Crippen LogP contribution in [0.25, 0.3) is 0 Å². The summed E-state index contributed by atoms with van der Waals surface area (Å²) in [6.45, 7) is 10.9. The molecule has 0 saturated heterocycles. The Hall–Kier alpha value is -3.91. The molecule has 2 atom stereocenters. The molecule has 0 aromatic heterocycles. The first-order valence-corrected chi connectivity index (χ1v) is 22.5. The van der Waals surface area contributed by atoms with Crippen molar-refractivity contribution in [1.82, 2.24) is 14.7 Å². The van der Waals surface area contributed by atoms with Crippen molar-refractivity contribution >= 4 is 41.8 Å². The van der Waals surface area contributed by atoms with E-state index in [1.54, 1.807) is 30.6 Å². The summed E-state index contributed by atoms with van der Waals surface area (Å²) in [7, 11) is 5.42. The molecule has 0 radical (unpaired) electrons. The number of carbonyl (C=O) groups excluding carboxylic acids is 7. The predicted molar refractivity (Wildman–Crippen MR) is 230 cm³/mol. The van der Waals surface area contributed by atoms with E-state index in [9.17, 15) is 24.0 Å². The molecule has 2 unspecified atom stereocenters. The summed E-state index contributed by atoms with van der Waals surface area (Å²) in [5, 5.41) is 0. The SMILES string of the molecule is CCCCC(C(=O)N(CCCCCC(=O)OC)CCCCCC(=O)OC)N(C(=O)OC(C)(C)C)C(CCCC)C(=O)N(CCCCCC(=O)OC)CCCCCC(=O)OC. The first kappa shape index (κ1) is 56.1. The zero-order valence-electron chi connectivity index (χ0n) is 38.8. The molecule has 60 heavy (non-hydrogen) atoms. The molecule has 0 heterocycles. The van der Waals surface area contributed by atoms with Crippen LogP contribution in [0.15, 0.2) is 0 Å². The molecule has 0 fully saturated rings. The maximum Gasteiger partial charge on any atom is 0.411 e. The number of hydrogen-bond acceptors (Lipinski definition) is 12. The fourth-order valence-corrected chi connectivity index (χ4v) is 6.83. The number of hydrogen-bond donors (Lipinski definition) is 0. The number of methoxy groups -OCH3 is 4. The second-order valence-corrected chi connectivity index (χ2v) is 16.4. The zero-order chi connectivity index (χ0) is 45.3. The molecule has 348 valence electrons. The molecule has 0 N–H and O–H groups in total. The Kier molecular flexibility index (Phi) is 31.6. The molecule has 0 aliphatic heterocycles. The molecule has 0 aliphatic rings. The van der Waals surface area contributed by atoms with Gasteiger partial charge >= 0.3 is 30.0 Å². The average molecular weight is 856 g/mol. The molecule has 15 nitrogen and oxygen atoms in total. The largest absolute Gasteiger partial charge is 0.469 e. The Morgan fingerprint density at radius 1 is 0.433 bits per heavy atom. The van der Waals surface area contributed by atoms with Crippen LogP contribution in [-0.2, 0) is 52.5 Å². The third-order valence-corrected chi connectivity index (χ3v) is 10.3. The van der Waals surface area contributed by atoms with Crippen molar-refractivity contribution in [1.29, 1.82) is 0 Å². The summed E-state index contributed by atoms with van der Waals surface area (Å²) in [6, 6.07) is -1.98. The number of esters is 4. The molecule has 15 heteroatoms. The van der Waals surface area contributed by atoms with Gasteiger partial charge in [0.1, 0.15) is 17.7 Å². The summed E-state index contributed by atoms with van der Waals surface area (Å²) in [5.74, 6) is -1.69. The first-order valence-electron chi connectivity index (χ1n) is 22.5. The fourth-order valence-electron chi connectivity index (χ4n) is 6.83. The maximum absolute atomic E-state index is 15.0. The van der Waals surface area contributed by atoms with Gasteiger partial charge in [-0.15, -0.1) is 0 Å². The number of unbranched alkanes of at least 4 members (excludes halogenated alkanes) is 10. The third kappa shape index (κ3) is 25.7. The van der Waals surface area contributed by atoms with E-state index >= 15 is 9.59 Å². The third-order valence-electron chi connectivity index (χ3n) is 10.3. The second kappa shape index (κ2) is 33.8. The molecule has 0 aliphatic carbocycles. The maximum atomic E-state index is 15.0. The Morgan fingerprint density at radius 2 is 0.717 bits per heavy atom. The van der Waals surface area contributed by atoms with E-state index < -0.39 is 23.8 Å². The highest BCUT2D eigenvalue weighted by atomic mass is 16.6. The molecular weight excluding hydrogens is 775 g/mol. The van der Waals surface area contributed by atoms with Gasteiger partial charge in [-0.25, -0.2) is 4.79 Å². The monoisotopic (exact) mass is 856 g/mol. The van der Waals surface area contributed by atoms with E-state index in [1.807, 2.05) is 13.8 Å². The minimum Gasteiger partial charge on any atom is -0.469 e. The van der Waals surface area contributed by atoms with E-state index in [4.69, 9.17) is 23.7 Å². The number of ether oxygens (including phenoxy) is 5. The lowest BCUT2D eigenvalue weighted by Crippen LogP contribution is -2.60. The minimum atomic E-state index is -0.988. The quantitative estimate of drug-likeness (QED) is 0.0348. The van der Waals surface area contributed by atoms with Gasteiger partial charge in [-0.05, 0) is 85.0 Å². The van der Waals surface area contributed by atoms with Gasteiger partial charge in [0.25, 0.3) is 0 Å². The number of carbonyl (C=O) groups is 7. The Bertz CT molecular complexity index is 1120. The van der Waals surface area contributed by atoms with Crippen LogP contribution in [0.5, 0.6) is 0 Å². The van der Waals surface area contributed by atoms with E-state index in [-0.39, 0.29) is 61.4 Å². The van der Waals surface area contributed by atoms with Gasteiger partial charge in [-0.3, -0.25) is 33.7 Å². The average Bonchev–Trinajstić information content (AvgIpc) is 3.22. The van der Waals surface area contributed by atoms with E-state index in [1.165, 1.54) is 33.3 Å². The van der Waals surface area contributed by atoms with Crippen molar-refractivity contribution in [3.63, 3.8) is 0 Å². The van der Waals surface area contributed by atoms with Gasteiger partial charge in [0.05, 0.1) is 28.4 Å².